The van der Waals surface area contributed by atoms with Crippen molar-refractivity contribution in [2.75, 3.05) is 70.9 Å². The lowest BCUT2D eigenvalue weighted by molar-refractivity contribution is -0.125. The van der Waals surface area contributed by atoms with E-state index in [9.17, 15) is 4.79 Å². The van der Waals surface area contributed by atoms with E-state index in [1.54, 1.807) is 11.3 Å². The molecule has 2 aliphatic heterocycles. The average Bonchev–Trinajstić information content (AvgIpc) is 3.22. The second-order valence-corrected chi connectivity index (χ2v) is 9.64. The fourth-order valence-corrected chi connectivity index (χ4v) is 5.41. The van der Waals surface area contributed by atoms with Crippen molar-refractivity contribution >= 4 is 32.6 Å². The van der Waals surface area contributed by atoms with E-state index in [1.807, 2.05) is 19.1 Å². The minimum absolute atomic E-state index is 0.0448. The first-order valence-corrected chi connectivity index (χ1v) is 12.4. The molecule has 0 saturated carbocycles. The molecular weight excluding hydrogens is 410 g/mol. The predicted molar refractivity (Wildman–Crippen MR) is 127 cm³/mol. The average molecular weight is 446 g/mol. The fourth-order valence-electron chi connectivity index (χ4n) is 4.38. The Morgan fingerprint density at radius 3 is 2.90 bits per heavy atom. The SMILES string of the molecule is CCOc1ccc2nc(N3CCCC(C(=O)NCCCN4CCN(C)CC4)C3)sc2c1. The zero-order valence-corrected chi connectivity index (χ0v) is 19.6. The molecule has 8 heteroatoms. The molecular formula is C23H35N5O2S. The smallest absolute Gasteiger partial charge is 0.224 e. The number of nitrogens with zero attached hydrogens (tertiary/aromatic N) is 4. The molecule has 0 spiro atoms. The van der Waals surface area contributed by atoms with Crippen molar-refractivity contribution < 1.29 is 9.53 Å². The summed E-state index contributed by atoms with van der Waals surface area (Å²) in [6.45, 7) is 10.8. The molecule has 1 atom stereocenters. The number of piperidine rings is 1. The van der Waals surface area contributed by atoms with Gasteiger partial charge in [-0.15, -0.1) is 0 Å². The normalized spacial score (nSPS) is 20.8. The van der Waals surface area contributed by atoms with E-state index in [2.05, 4.69) is 33.1 Å². The van der Waals surface area contributed by atoms with Gasteiger partial charge in [0.15, 0.2) is 5.13 Å². The Kier molecular flexibility index (Phi) is 7.63. The Hall–Kier alpha value is -1.90. The highest BCUT2D eigenvalue weighted by Gasteiger charge is 2.27. The van der Waals surface area contributed by atoms with Gasteiger partial charge in [0, 0.05) is 45.8 Å². The van der Waals surface area contributed by atoms with E-state index in [1.165, 1.54) is 0 Å². The molecule has 170 valence electrons. The van der Waals surface area contributed by atoms with Crippen LogP contribution in [0.25, 0.3) is 10.2 Å². The summed E-state index contributed by atoms with van der Waals surface area (Å²) in [7, 11) is 2.18. The molecule has 0 radical (unpaired) electrons. The summed E-state index contributed by atoms with van der Waals surface area (Å²) < 4.78 is 6.75. The molecule has 2 aliphatic rings. The largest absolute Gasteiger partial charge is 0.494 e. The van der Waals surface area contributed by atoms with Gasteiger partial charge in [-0.2, -0.15) is 0 Å². The topological polar surface area (TPSA) is 60.9 Å². The molecule has 2 saturated heterocycles. The Bertz CT molecular complexity index is 865. The second kappa shape index (κ2) is 10.6. The predicted octanol–water partition coefficient (Wildman–Crippen LogP) is 2.67. The Morgan fingerprint density at radius 2 is 2.10 bits per heavy atom. The third-order valence-electron chi connectivity index (χ3n) is 6.27. The molecule has 1 aromatic heterocycles. The van der Waals surface area contributed by atoms with E-state index < -0.39 is 0 Å². The molecule has 1 aromatic carbocycles. The number of aromatic nitrogens is 1. The number of amides is 1. The lowest BCUT2D eigenvalue weighted by Gasteiger charge is -2.33. The van der Waals surface area contributed by atoms with E-state index in [0.29, 0.717) is 6.61 Å². The van der Waals surface area contributed by atoms with Crippen LogP contribution in [-0.4, -0.2) is 86.7 Å². The van der Waals surface area contributed by atoms with Crippen molar-refractivity contribution in [2.24, 2.45) is 5.92 Å². The van der Waals surface area contributed by atoms with Crippen LogP contribution in [0.4, 0.5) is 5.13 Å². The number of ether oxygens (including phenoxy) is 1. The molecule has 3 heterocycles. The molecule has 4 rings (SSSR count). The number of carbonyl (C=O) groups is 1. The maximum absolute atomic E-state index is 12.8. The van der Waals surface area contributed by atoms with Crippen LogP contribution >= 0.6 is 11.3 Å². The summed E-state index contributed by atoms with van der Waals surface area (Å²) in [6, 6.07) is 6.06. The Balaban J connectivity index is 1.26. The van der Waals surface area contributed by atoms with Crippen molar-refractivity contribution in [1.29, 1.82) is 0 Å². The molecule has 2 aromatic rings. The van der Waals surface area contributed by atoms with Crippen LogP contribution in [0.5, 0.6) is 5.75 Å². The van der Waals surface area contributed by atoms with E-state index >= 15 is 0 Å². The van der Waals surface area contributed by atoms with Crippen LogP contribution in [0, 0.1) is 5.92 Å². The first-order valence-electron chi connectivity index (χ1n) is 11.6. The van der Waals surface area contributed by atoms with Gasteiger partial charge in [-0.25, -0.2) is 4.98 Å². The first kappa shape index (κ1) is 22.3. The third-order valence-corrected chi connectivity index (χ3v) is 7.35. The number of piperazine rings is 1. The highest BCUT2D eigenvalue weighted by molar-refractivity contribution is 7.22. The molecule has 1 unspecified atom stereocenters. The first-order chi connectivity index (χ1) is 15.1. The van der Waals surface area contributed by atoms with E-state index in [4.69, 9.17) is 9.72 Å². The molecule has 1 amide bonds. The Morgan fingerprint density at radius 1 is 1.26 bits per heavy atom. The van der Waals surface area contributed by atoms with Gasteiger partial charge < -0.3 is 24.8 Å². The number of likely N-dealkylation sites (N-methyl/N-ethyl adjacent to an activating group) is 1. The lowest BCUT2D eigenvalue weighted by Crippen LogP contribution is -2.46. The zero-order valence-electron chi connectivity index (χ0n) is 18.8. The molecule has 7 nitrogen and oxygen atoms in total. The summed E-state index contributed by atoms with van der Waals surface area (Å²) in [5.74, 6) is 1.13. The van der Waals surface area contributed by atoms with Crippen molar-refractivity contribution in [2.45, 2.75) is 26.2 Å². The summed E-state index contributed by atoms with van der Waals surface area (Å²) in [5.41, 5.74) is 0.999. The Labute approximate surface area is 189 Å². The maximum atomic E-state index is 12.8. The van der Waals surface area contributed by atoms with Crippen LogP contribution in [0.3, 0.4) is 0 Å². The van der Waals surface area contributed by atoms with Gasteiger partial charge >= 0.3 is 0 Å². The van der Waals surface area contributed by atoms with Gasteiger partial charge in [0.1, 0.15) is 5.75 Å². The van der Waals surface area contributed by atoms with Gasteiger partial charge in [0.25, 0.3) is 0 Å². The molecule has 31 heavy (non-hydrogen) atoms. The zero-order chi connectivity index (χ0) is 21.6. The minimum Gasteiger partial charge on any atom is -0.494 e. The van der Waals surface area contributed by atoms with Gasteiger partial charge in [-0.1, -0.05) is 11.3 Å². The fraction of sp³-hybridized carbons (Fsp3) is 0.652. The number of nitrogens with one attached hydrogen (secondary N) is 1. The minimum atomic E-state index is 0.0448. The summed E-state index contributed by atoms with van der Waals surface area (Å²) in [5, 5.41) is 4.20. The van der Waals surface area contributed by atoms with Gasteiger partial charge in [-0.3, -0.25) is 4.79 Å². The highest BCUT2D eigenvalue weighted by Crippen LogP contribution is 2.33. The van der Waals surface area contributed by atoms with Crippen molar-refractivity contribution in [3.63, 3.8) is 0 Å². The van der Waals surface area contributed by atoms with Crippen LogP contribution in [0.2, 0.25) is 0 Å². The maximum Gasteiger partial charge on any atom is 0.224 e. The van der Waals surface area contributed by atoms with Crippen molar-refractivity contribution in [3.05, 3.63) is 18.2 Å². The summed E-state index contributed by atoms with van der Waals surface area (Å²) >= 11 is 1.69. The monoisotopic (exact) mass is 445 g/mol. The number of fused-ring (bicyclic) bond motifs is 1. The molecule has 1 N–H and O–H groups in total. The van der Waals surface area contributed by atoms with Crippen LogP contribution < -0.4 is 15.0 Å². The molecule has 2 fully saturated rings. The van der Waals surface area contributed by atoms with Crippen molar-refractivity contribution in [3.8, 4) is 5.75 Å². The third kappa shape index (κ3) is 5.87. The second-order valence-electron chi connectivity index (χ2n) is 8.63. The lowest BCUT2D eigenvalue weighted by atomic mass is 9.97. The quantitative estimate of drug-likeness (QED) is 0.631. The van der Waals surface area contributed by atoms with Gasteiger partial charge in [0.2, 0.25) is 5.91 Å². The number of hydrogen-bond acceptors (Lipinski definition) is 7. The van der Waals surface area contributed by atoms with Gasteiger partial charge in [0.05, 0.1) is 22.7 Å². The number of anilines is 1. The van der Waals surface area contributed by atoms with E-state index in [0.717, 1.165) is 92.7 Å². The highest BCUT2D eigenvalue weighted by atomic mass is 32.1. The van der Waals surface area contributed by atoms with Gasteiger partial charge in [-0.05, 0) is 58.0 Å². The van der Waals surface area contributed by atoms with E-state index in [-0.39, 0.29) is 11.8 Å². The summed E-state index contributed by atoms with van der Waals surface area (Å²) in [4.78, 5) is 24.7. The van der Waals surface area contributed by atoms with Crippen LogP contribution in [0.15, 0.2) is 18.2 Å². The summed E-state index contributed by atoms with van der Waals surface area (Å²) in [6.07, 6.45) is 3.01. The number of carbonyl (C=O) groups excluding carboxylic acids is 1. The number of rotatable bonds is 8. The standard InChI is InChI=1S/C23H35N5O2S/c1-3-30-19-7-8-20-21(16-19)31-23(25-20)28-11-4-6-18(17-28)22(29)24-9-5-10-27-14-12-26(2)13-15-27/h7-8,16,18H,3-6,9-15,17H2,1-2H3,(H,24,29). The van der Waals surface area contributed by atoms with Crippen LogP contribution in [0.1, 0.15) is 26.2 Å². The molecule has 0 aliphatic carbocycles. The number of hydrogen-bond donors (Lipinski definition) is 1. The van der Waals surface area contributed by atoms with Crippen molar-refractivity contribution in [1.82, 2.24) is 20.1 Å². The van der Waals surface area contributed by atoms with Crippen LogP contribution in [-0.2, 0) is 4.79 Å². The number of thiazole rings is 1. The number of benzene rings is 1. The molecule has 0 bridgehead atoms.